The van der Waals surface area contributed by atoms with Gasteiger partial charge in [-0.1, -0.05) is 18.6 Å². The summed E-state index contributed by atoms with van der Waals surface area (Å²) in [5.41, 5.74) is 3.42. The lowest BCUT2D eigenvalue weighted by atomic mass is 10.1. The number of rotatable bonds is 5. The van der Waals surface area contributed by atoms with Gasteiger partial charge < -0.3 is 10.2 Å². The first-order chi connectivity index (χ1) is 15.3. The summed E-state index contributed by atoms with van der Waals surface area (Å²) in [4.78, 5) is 27.3. The Morgan fingerprint density at radius 2 is 1.69 bits per heavy atom. The summed E-state index contributed by atoms with van der Waals surface area (Å²) in [6.45, 7) is 5.36. The molecule has 0 spiro atoms. The van der Waals surface area contributed by atoms with E-state index in [1.54, 1.807) is 17.0 Å². The monoisotopic (exact) mass is 455 g/mol. The quantitative estimate of drug-likeness (QED) is 0.748. The molecular formula is C24H29N3O4S. The fourth-order valence-electron chi connectivity index (χ4n) is 4.34. The Morgan fingerprint density at radius 1 is 1.00 bits per heavy atom. The highest BCUT2D eigenvalue weighted by Gasteiger charge is 2.36. The molecule has 2 amide bonds. The van der Waals surface area contributed by atoms with Crippen molar-refractivity contribution in [2.24, 2.45) is 5.92 Å². The number of carbonyl (C=O) groups excluding carboxylic acids is 2. The molecule has 2 aromatic rings. The molecule has 8 heteroatoms. The first kappa shape index (κ1) is 22.5. The Bertz CT molecular complexity index is 1120. The molecule has 2 saturated heterocycles. The second-order valence-corrected chi connectivity index (χ2v) is 10.6. The van der Waals surface area contributed by atoms with Gasteiger partial charge in [0.05, 0.1) is 10.8 Å². The number of hydrogen-bond acceptors (Lipinski definition) is 4. The molecule has 0 saturated carbocycles. The smallest absolute Gasteiger partial charge is 0.243 e. The van der Waals surface area contributed by atoms with Crippen LogP contribution in [0.1, 0.15) is 36.8 Å². The number of aryl methyl sites for hydroxylation is 2. The van der Waals surface area contributed by atoms with E-state index in [0.29, 0.717) is 25.3 Å². The number of sulfonamides is 1. The van der Waals surface area contributed by atoms with Crippen molar-refractivity contribution in [2.45, 2.75) is 44.4 Å². The highest BCUT2D eigenvalue weighted by molar-refractivity contribution is 7.89. The van der Waals surface area contributed by atoms with Crippen LogP contribution in [0.3, 0.4) is 0 Å². The summed E-state index contributed by atoms with van der Waals surface area (Å²) < 4.78 is 27.1. The molecule has 4 rings (SSSR count). The van der Waals surface area contributed by atoms with Crippen molar-refractivity contribution in [1.29, 1.82) is 0 Å². The Kier molecular flexibility index (Phi) is 6.35. The van der Waals surface area contributed by atoms with E-state index in [1.807, 2.05) is 32.0 Å². The van der Waals surface area contributed by atoms with Crippen molar-refractivity contribution in [3.8, 4) is 0 Å². The van der Waals surface area contributed by atoms with Gasteiger partial charge in [-0.3, -0.25) is 9.59 Å². The standard InChI is InChI=1S/C24H29N3O4S/c1-17-6-7-18(2)22(14-17)27-16-19(15-23(27)28)24(29)25-20-8-10-21(11-9-20)32(30,31)26-12-4-3-5-13-26/h6-11,14,19H,3-5,12-13,15-16H2,1-2H3,(H,25,29). The third kappa shape index (κ3) is 4.56. The number of anilines is 2. The van der Waals surface area contributed by atoms with Crippen LogP contribution < -0.4 is 10.2 Å². The van der Waals surface area contributed by atoms with Gasteiger partial charge in [-0.25, -0.2) is 8.42 Å². The maximum Gasteiger partial charge on any atom is 0.243 e. The van der Waals surface area contributed by atoms with Crippen molar-refractivity contribution in [1.82, 2.24) is 4.31 Å². The summed E-state index contributed by atoms with van der Waals surface area (Å²) in [6.07, 6.45) is 2.97. The zero-order chi connectivity index (χ0) is 22.9. The van der Waals surface area contributed by atoms with Gasteiger partial charge in [0.25, 0.3) is 0 Å². The molecule has 1 atom stereocenters. The van der Waals surface area contributed by atoms with E-state index in [1.165, 1.54) is 16.4 Å². The normalized spacial score (nSPS) is 19.9. The fourth-order valence-corrected chi connectivity index (χ4v) is 5.85. The van der Waals surface area contributed by atoms with Gasteiger partial charge in [-0.2, -0.15) is 4.31 Å². The van der Waals surface area contributed by atoms with Gasteiger partial charge in [-0.05, 0) is 68.1 Å². The zero-order valence-electron chi connectivity index (χ0n) is 18.5. The SMILES string of the molecule is Cc1ccc(C)c(N2CC(C(=O)Nc3ccc(S(=O)(=O)N4CCCCC4)cc3)CC2=O)c1. The summed E-state index contributed by atoms with van der Waals surface area (Å²) in [6, 6.07) is 12.2. The molecule has 2 heterocycles. The molecule has 32 heavy (non-hydrogen) atoms. The van der Waals surface area contributed by atoms with Crippen LogP contribution in [-0.4, -0.2) is 44.2 Å². The van der Waals surface area contributed by atoms with E-state index in [2.05, 4.69) is 5.32 Å². The summed E-state index contributed by atoms with van der Waals surface area (Å²) in [5.74, 6) is -0.765. The minimum Gasteiger partial charge on any atom is -0.326 e. The summed E-state index contributed by atoms with van der Waals surface area (Å²) >= 11 is 0. The van der Waals surface area contributed by atoms with Crippen molar-refractivity contribution in [3.63, 3.8) is 0 Å². The van der Waals surface area contributed by atoms with Gasteiger partial charge in [0, 0.05) is 37.4 Å². The van der Waals surface area contributed by atoms with E-state index in [-0.39, 0.29) is 23.1 Å². The second-order valence-electron chi connectivity index (χ2n) is 8.67. The third-order valence-corrected chi connectivity index (χ3v) is 8.14. The lowest BCUT2D eigenvalue weighted by Gasteiger charge is -2.25. The van der Waals surface area contributed by atoms with E-state index in [9.17, 15) is 18.0 Å². The molecule has 0 aliphatic carbocycles. The molecule has 2 aromatic carbocycles. The number of nitrogens with one attached hydrogen (secondary N) is 1. The first-order valence-corrected chi connectivity index (χ1v) is 12.5. The average molecular weight is 456 g/mol. The van der Waals surface area contributed by atoms with Gasteiger partial charge in [-0.15, -0.1) is 0 Å². The molecule has 1 unspecified atom stereocenters. The van der Waals surface area contributed by atoms with Crippen LogP contribution in [0.25, 0.3) is 0 Å². The number of nitrogens with zero attached hydrogens (tertiary/aromatic N) is 2. The minimum atomic E-state index is -3.51. The minimum absolute atomic E-state index is 0.0678. The number of benzene rings is 2. The van der Waals surface area contributed by atoms with Crippen molar-refractivity contribution in [2.75, 3.05) is 29.9 Å². The van der Waals surface area contributed by atoms with Gasteiger partial charge in [0.2, 0.25) is 21.8 Å². The van der Waals surface area contributed by atoms with Gasteiger partial charge >= 0.3 is 0 Å². The summed E-state index contributed by atoms with van der Waals surface area (Å²) in [5, 5.41) is 2.83. The largest absolute Gasteiger partial charge is 0.326 e. The Morgan fingerprint density at radius 3 is 2.38 bits per heavy atom. The predicted molar refractivity (Wildman–Crippen MR) is 124 cm³/mol. The molecule has 1 N–H and O–H groups in total. The lowest BCUT2D eigenvalue weighted by Crippen LogP contribution is -2.35. The first-order valence-electron chi connectivity index (χ1n) is 11.0. The highest BCUT2D eigenvalue weighted by Crippen LogP contribution is 2.29. The number of hydrogen-bond donors (Lipinski definition) is 1. The highest BCUT2D eigenvalue weighted by atomic mass is 32.2. The molecule has 170 valence electrons. The van der Waals surface area contributed by atoms with Crippen LogP contribution in [0.2, 0.25) is 0 Å². The third-order valence-electron chi connectivity index (χ3n) is 6.23. The predicted octanol–water partition coefficient (Wildman–Crippen LogP) is 3.47. The number of amides is 2. The van der Waals surface area contributed by atoms with Gasteiger partial charge in [0.1, 0.15) is 0 Å². The van der Waals surface area contributed by atoms with Gasteiger partial charge in [0.15, 0.2) is 0 Å². The molecular weight excluding hydrogens is 426 g/mol. The molecule has 2 aliphatic rings. The maximum absolute atomic E-state index is 12.8. The van der Waals surface area contributed by atoms with E-state index >= 15 is 0 Å². The van der Waals surface area contributed by atoms with Crippen LogP contribution in [0.5, 0.6) is 0 Å². The second kappa shape index (κ2) is 9.03. The topological polar surface area (TPSA) is 86.8 Å². The maximum atomic E-state index is 12.8. The molecule has 0 bridgehead atoms. The van der Waals surface area contributed by atoms with Crippen LogP contribution in [-0.2, 0) is 19.6 Å². The lowest BCUT2D eigenvalue weighted by molar-refractivity contribution is -0.122. The molecule has 2 aliphatic heterocycles. The van der Waals surface area contributed by atoms with Crippen molar-refractivity contribution in [3.05, 3.63) is 53.6 Å². The molecule has 0 radical (unpaired) electrons. The molecule has 0 aromatic heterocycles. The Balaban J connectivity index is 1.42. The van der Waals surface area contributed by atoms with E-state index in [4.69, 9.17) is 0 Å². The average Bonchev–Trinajstić information content (AvgIpc) is 3.18. The van der Waals surface area contributed by atoms with Crippen LogP contribution >= 0.6 is 0 Å². The Labute approximate surface area is 189 Å². The number of piperidine rings is 1. The zero-order valence-corrected chi connectivity index (χ0v) is 19.3. The van der Waals surface area contributed by atoms with Crippen LogP contribution in [0, 0.1) is 19.8 Å². The van der Waals surface area contributed by atoms with E-state index in [0.717, 1.165) is 36.1 Å². The fraction of sp³-hybridized carbons (Fsp3) is 0.417. The van der Waals surface area contributed by atoms with Crippen molar-refractivity contribution < 1.29 is 18.0 Å². The number of carbonyl (C=O) groups is 2. The Hall–Kier alpha value is -2.71. The molecule has 2 fully saturated rings. The van der Waals surface area contributed by atoms with Crippen LogP contribution in [0.4, 0.5) is 11.4 Å². The van der Waals surface area contributed by atoms with E-state index < -0.39 is 15.9 Å². The van der Waals surface area contributed by atoms with Crippen molar-refractivity contribution >= 4 is 33.2 Å². The summed E-state index contributed by atoms with van der Waals surface area (Å²) in [7, 11) is -3.51. The molecule has 7 nitrogen and oxygen atoms in total. The van der Waals surface area contributed by atoms with Crippen LogP contribution in [0.15, 0.2) is 47.4 Å².